The van der Waals surface area contributed by atoms with Crippen LogP contribution in [0.4, 0.5) is 4.79 Å². The van der Waals surface area contributed by atoms with E-state index in [4.69, 9.17) is 4.74 Å². The Morgan fingerprint density at radius 1 is 1.20 bits per heavy atom. The number of carbonyl (C=O) groups excluding carboxylic acids is 4. The van der Waals surface area contributed by atoms with Crippen molar-refractivity contribution >= 4 is 23.8 Å². The first-order valence-electron chi connectivity index (χ1n) is 10.3. The number of ether oxygens (including phenoxy) is 1. The number of amides is 4. The molecule has 1 rings (SSSR count). The third kappa shape index (κ3) is 8.14. The summed E-state index contributed by atoms with van der Waals surface area (Å²) in [4.78, 5) is 48.9. The van der Waals surface area contributed by atoms with Gasteiger partial charge in [-0.15, -0.1) is 0 Å². The number of urea groups is 1. The molecule has 0 aromatic carbocycles. The lowest BCUT2D eigenvalue weighted by Gasteiger charge is -2.31. The lowest BCUT2D eigenvalue weighted by molar-refractivity contribution is -0.140. The Morgan fingerprint density at radius 2 is 1.87 bits per heavy atom. The number of rotatable bonds is 12. The third-order valence-corrected chi connectivity index (χ3v) is 5.56. The molecule has 0 spiro atoms. The second-order valence-electron chi connectivity index (χ2n) is 8.67. The second kappa shape index (κ2) is 11.7. The highest BCUT2D eigenvalue weighted by Crippen LogP contribution is 2.37. The van der Waals surface area contributed by atoms with Crippen molar-refractivity contribution < 1.29 is 23.9 Å². The van der Waals surface area contributed by atoms with Gasteiger partial charge in [0.25, 0.3) is 0 Å². The van der Waals surface area contributed by atoms with Gasteiger partial charge in [-0.2, -0.15) is 0 Å². The molecule has 4 amide bonds. The molecule has 0 aromatic rings. The van der Waals surface area contributed by atoms with Crippen LogP contribution in [-0.4, -0.2) is 61.6 Å². The summed E-state index contributed by atoms with van der Waals surface area (Å²) in [5, 5.41) is 8.08. The molecule has 30 heavy (non-hydrogen) atoms. The Labute approximate surface area is 179 Å². The molecule has 1 fully saturated rings. The first-order chi connectivity index (χ1) is 14.0. The maximum absolute atomic E-state index is 12.6. The smallest absolute Gasteiger partial charge is 0.334 e. The van der Waals surface area contributed by atoms with Crippen LogP contribution in [0.25, 0.3) is 0 Å². The fourth-order valence-electron chi connectivity index (χ4n) is 2.95. The highest BCUT2D eigenvalue weighted by molar-refractivity contribution is 6.03. The molecular weight excluding hydrogens is 388 g/mol. The van der Waals surface area contributed by atoms with Gasteiger partial charge in [-0.3, -0.25) is 14.5 Å². The van der Waals surface area contributed by atoms with E-state index in [2.05, 4.69) is 50.2 Å². The number of nitrogens with zero attached hydrogens (tertiary/aromatic N) is 1. The van der Waals surface area contributed by atoms with Crippen LogP contribution < -0.4 is 16.0 Å². The van der Waals surface area contributed by atoms with E-state index in [-0.39, 0.29) is 41.9 Å². The number of likely N-dealkylation sites (tertiary alicyclic amines) is 1. The zero-order chi connectivity index (χ0) is 22.9. The summed E-state index contributed by atoms with van der Waals surface area (Å²) in [6.45, 7) is 14.8. The van der Waals surface area contributed by atoms with E-state index in [0.717, 1.165) is 0 Å². The lowest BCUT2D eigenvalue weighted by Crippen LogP contribution is -2.42. The van der Waals surface area contributed by atoms with Crippen molar-refractivity contribution in [3.8, 4) is 0 Å². The first kappa shape index (κ1) is 25.6. The third-order valence-electron chi connectivity index (χ3n) is 5.56. The van der Waals surface area contributed by atoms with Crippen LogP contribution in [-0.2, 0) is 19.1 Å². The number of hydrogen-bond donors (Lipinski definition) is 3. The van der Waals surface area contributed by atoms with E-state index in [1.165, 1.54) is 11.8 Å². The number of hydrogen-bond acceptors (Lipinski definition) is 6. The molecule has 0 bridgehead atoms. The van der Waals surface area contributed by atoms with Gasteiger partial charge in [0.05, 0.1) is 0 Å². The Hall–Kier alpha value is -2.42. The van der Waals surface area contributed by atoms with Gasteiger partial charge in [-0.05, 0) is 24.7 Å². The van der Waals surface area contributed by atoms with Gasteiger partial charge < -0.3 is 20.7 Å². The van der Waals surface area contributed by atoms with E-state index < -0.39 is 12.0 Å². The Balaban J connectivity index is 2.21. The molecule has 1 atom stereocenters. The van der Waals surface area contributed by atoms with Gasteiger partial charge in [0.1, 0.15) is 0 Å². The van der Waals surface area contributed by atoms with Gasteiger partial charge in [0.15, 0.2) is 6.73 Å². The molecular formula is C21H36N4O5. The van der Waals surface area contributed by atoms with Crippen LogP contribution in [0, 0.1) is 17.3 Å². The Kier molecular flexibility index (Phi) is 9.98. The first-order valence-corrected chi connectivity index (χ1v) is 10.3. The SMILES string of the molecule is C=C(C)C(=O)OCNC(=O)NCCNCCN1C(=O)CC(CC(C)(C)C(C)C)C1=O. The fourth-order valence-corrected chi connectivity index (χ4v) is 2.95. The second-order valence-corrected chi connectivity index (χ2v) is 8.67. The van der Waals surface area contributed by atoms with Crippen LogP contribution in [0.1, 0.15) is 47.5 Å². The van der Waals surface area contributed by atoms with Crippen LogP contribution in [0.15, 0.2) is 12.2 Å². The molecule has 1 aliphatic rings. The molecule has 9 heteroatoms. The molecule has 1 heterocycles. The van der Waals surface area contributed by atoms with Crippen molar-refractivity contribution in [2.24, 2.45) is 17.3 Å². The maximum Gasteiger partial charge on any atom is 0.334 e. The number of nitrogens with one attached hydrogen (secondary N) is 3. The largest absolute Gasteiger partial charge is 0.441 e. The van der Waals surface area contributed by atoms with Crippen molar-refractivity contribution in [2.75, 3.05) is 32.9 Å². The Bertz CT molecular complexity index is 660. The van der Waals surface area contributed by atoms with Crippen LogP contribution in [0.3, 0.4) is 0 Å². The highest BCUT2D eigenvalue weighted by atomic mass is 16.5. The molecule has 3 N–H and O–H groups in total. The summed E-state index contributed by atoms with van der Waals surface area (Å²) < 4.78 is 4.75. The number of imide groups is 1. The predicted octanol–water partition coefficient (Wildman–Crippen LogP) is 1.40. The van der Waals surface area contributed by atoms with E-state index in [1.54, 1.807) is 0 Å². The molecule has 0 radical (unpaired) electrons. The van der Waals surface area contributed by atoms with Crippen molar-refractivity contribution in [1.29, 1.82) is 0 Å². The lowest BCUT2D eigenvalue weighted by atomic mass is 9.74. The summed E-state index contributed by atoms with van der Waals surface area (Å²) >= 11 is 0. The number of carbonyl (C=O) groups is 4. The summed E-state index contributed by atoms with van der Waals surface area (Å²) in [6, 6.07) is -0.466. The predicted molar refractivity (Wildman–Crippen MR) is 113 cm³/mol. The fraction of sp³-hybridized carbons (Fsp3) is 0.714. The van der Waals surface area contributed by atoms with Gasteiger partial charge in [0.2, 0.25) is 11.8 Å². The quantitative estimate of drug-likeness (QED) is 0.143. The van der Waals surface area contributed by atoms with Gasteiger partial charge in [-0.25, -0.2) is 9.59 Å². The van der Waals surface area contributed by atoms with Crippen LogP contribution in [0.2, 0.25) is 0 Å². The van der Waals surface area contributed by atoms with E-state index in [0.29, 0.717) is 38.5 Å². The van der Waals surface area contributed by atoms with Crippen molar-refractivity contribution in [1.82, 2.24) is 20.9 Å². The minimum Gasteiger partial charge on any atom is -0.441 e. The van der Waals surface area contributed by atoms with Gasteiger partial charge in [-0.1, -0.05) is 34.3 Å². The molecule has 1 aliphatic heterocycles. The minimum absolute atomic E-state index is 0.00392. The number of esters is 1. The average molecular weight is 425 g/mol. The Morgan fingerprint density at radius 3 is 2.47 bits per heavy atom. The topological polar surface area (TPSA) is 117 Å². The van der Waals surface area contributed by atoms with E-state index >= 15 is 0 Å². The van der Waals surface area contributed by atoms with E-state index in [9.17, 15) is 19.2 Å². The van der Waals surface area contributed by atoms with Crippen LogP contribution >= 0.6 is 0 Å². The zero-order valence-corrected chi connectivity index (χ0v) is 18.8. The van der Waals surface area contributed by atoms with Gasteiger partial charge in [0, 0.05) is 44.1 Å². The molecule has 0 saturated carbocycles. The molecule has 1 unspecified atom stereocenters. The van der Waals surface area contributed by atoms with Gasteiger partial charge >= 0.3 is 12.0 Å². The molecule has 0 aliphatic carbocycles. The van der Waals surface area contributed by atoms with Crippen LogP contribution in [0.5, 0.6) is 0 Å². The standard InChI is InChI=1S/C21H36N4O5/c1-14(2)19(28)30-13-24-20(29)23-8-7-22-9-10-25-17(26)11-16(18(25)27)12-21(5,6)15(3)4/h15-16,22H,1,7-13H2,2-6H3,(H2,23,24,29). The van der Waals surface area contributed by atoms with Crippen molar-refractivity contribution in [2.45, 2.75) is 47.5 Å². The van der Waals surface area contributed by atoms with E-state index in [1.807, 2.05) is 0 Å². The average Bonchev–Trinajstić information content (AvgIpc) is 2.90. The van der Waals surface area contributed by atoms with Crippen molar-refractivity contribution in [3.05, 3.63) is 12.2 Å². The molecule has 0 aromatic heterocycles. The molecule has 170 valence electrons. The molecule has 9 nitrogen and oxygen atoms in total. The monoisotopic (exact) mass is 424 g/mol. The summed E-state index contributed by atoms with van der Waals surface area (Å²) in [6.07, 6.45) is 0.993. The van der Waals surface area contributed by atoms with Crippen molar-refractivity contribution in [3.63, 3.8) is 0 Å². The molecule has 1 saturated heterocycles. The minimum atomic E-state index is -0.571. The maximum atomic E-state index is 12.6. The highest BCUT2D eigenvalue weighted by Gasteiger charge is 2.41. The zero-order valence-electron chi connectivity index (χ0n) is 18.8. The summed E-state index contributed by atoms with van der Waals surface area (Å²) in [7, 11) is 0. The normalized spacial score (nSPS) is 16.7. The summed E-state index contributed by atoms with van der Waals surface area (Å²) in [5.74, 6) is -0.582. The summed E-state index contributed by atoms with van der Waals surface area (Å²) in [5.41, 5.74) is 0.260.